The molecule has 8 heteroatoms. The first kappa shape index (κ1) is 19.9. The van der Waals surface area contributed by atoms with E-state index in [1.807, 2.05) is 18.2 Å². The van der Waals surface area contributed by atoms with E-state index >= 15 is 0 Å². The summed E-state index contributed by atoms with van der Waals surface area (Å²) in [5.41, 5.74) is 6.57. The van der Waals surface area contributed by atoms with Gasteiger partial charge in [-0.05, 0) is 18.9 Å². The SMILES string of the molecule is C=CC[C@H](N)C[S@](=O)(=NC(=O)O[C@@H](C)c1ccccc1)NC(C)=O. The molecule has 24 heavy (non-hydrogen) atoms. The van der Waals surface area contributed by atoms with Gasteiger partial charge < -0.3 is 10.5 Å². The second-order valence-electron chi connectivity index (χ2n) is 5.28. The molecule has 0 saturated heterocycles. The van der Waals surface area contributed by atoms with Gasteiger partial charge in [-0.15, -0.1) is 10.9 Å². The maximum absolute atomic E-state index is 12.7. The Labute approximate surface area is 142 Å². The fourth-order valence-electron chi connectivity index (χ4n) is 1.98. The number of amides is 2. The molecule has 0 aliphatic heterocycles. The highest BCUT2D eigenvalue weighted by atomic mass is 32.2. The number of nitrogens with one attached hydrogen (secondary N) is 1. The summed E-state index contributed by atoms with van der Waals surface area (Å²) in [4.78, 5) is 23.2. The molecule has 1 aromatic carbocycles. The van der Waals surface area contributed by atoms with Crippen LogP contribution in [0.25, 0.3) is 0 Å². The Morgan fingerprint density at radius 1 is 1.42 bits per heavy atom. The Morgan fingerprint density at radius 2 is 2.04 bits per heavy atom. The minimum Gasteiger partial charge on any atom is -0.440 e. The number of nitrogens with two attached hydrogens (primary N) is 1. The van der Waals surface area contributed by atoms with Crippen molar-refractivity contribution in [2.24, 2.45) is 10.1 Å². The van der Waals surface area contributed by atoms with Crippen LogP contribution in [0.3, 0.4) is 0 Å². The van der Waals surface area contributed by atoms with Gasteiger partial charge in [0.15, 0.2) is 0 Å². The molecule has 0 radical (unpaired) electrons. The lowest BCUT2D eigenvalue weighted by Crippen LogP contribution is -2.38. The third-order valence-electron chi connectivity index (χ3n) is 2.98. The third-order valence-corrected chi connectivity index (χ3v) is 4.91. The zero-order chi connectivity index (χ0) is 18.2. The summed E-state index contributed by atoms with van der Waals surface area (Å²) in [6, 6.07) is 8.50. The molecule has 0 saturated carbocycles. The lowest BCUT2D eigenvalue weighted by Gasteiger charge is -2.16. The summed E-state index contributed by atoms with van der Waals surface area (Å²) in [5.74, 6) is -0.744. The summed E-state index contributed by atoms with van der Waals surface area (Å²) >= 11 is 0. The third kappa shape index (κ3) is 6.93. The van der Waals surface area contributed by atoms with Crippen molar-refractivity contribution in [2.75, 3.05) is 5.75 Å². The van der Waals surface area contributed by atoms with Crippen LogP contribution in [-0.4, -0.2) is 28.0 Å². The largest absolute Gasteiger partial charge is 0.443 e. The van der Waals surface area contributed by atoms with E-state index in [9.17, 15) is 13.8 Å². The Bertz CT molecular complexity index is 697. The number of rotatable bonds is 7. The van der Waals surface area contributed by atoms with E-state index in [2.05, 4.69) is 15.7 Å². The van der Waals surface area contributed by atoms with Crippen molar-refractivity contribution in [1.29, 1.82) is 0 Å². The highest BCUT2D eigenvalue weighted by Gasteiger charge is 2.19. The van der Waals surface area contributed by atoms with E-state index < -0.39 is 34.1 Å². The molecule has 132 valence electrons. The monoisotopic (exact) mass is 353 g/mol. The first-order chi connectivity index (χ1) is 11.3. The smallest absolute Gasteiger partial charge is 0.440 e. The van der Waals surface area contributed by atoms with Gasteiger partial charge in [0.25, 0.3) is 0 Å². The zero-order valence-electron chi connectivity index (χ0n) is 13.8. The molecule has 0 spiro atoms. The highest BCUT2D eigenvalue weighted by molar-refractivity contribution is 7.92. The van der Waals surface area contributed by atoms with Crippen molar-refractivity contribution in [2.45, 2.75) is 32.4 Å². The molecule has 0 bridgehead atoms. The number of hydrogen-bond donors (Lipinski definition) is 2. The fraction of sp³-hybridized carbons (Fsp3) is 0.375. The first-order valence-corrected chi connectivity index (χ1v) is 9.09. The normalized spacial score (nSPS) is 15.5. The van der Waals surface area contributed by atoms with Crippen molar-refractivity contribution in [3.8, 4) is 0 Å². The van der Waals surface area contributed by atoms with Gasteiger partial charge in [-0.1, -0.05) is 36.4 Å². The van der Waals surface area contributed by atoms with Crippen LogP contribution in [0.1, 0.15) is 31.9 Å². The van der Waals surface area contributed by atoms with Gasteiger partial charge in [-0.2, -0.15) is 0 Å². The molecular weight excluding hydrogens is 330 g/mol. The van der Waals surface area contributed by atoms with Crippen molar-refractivity contribution in [3.05, 3.63) is 48.6 Å². The van der Waals surface area contributed by atoms with E-state index in [1.165, 1.54) is 6.92 Å². The number of hydrogen-bond acceptors (Lipinski definition) is 5. The van der Waals surface area contributed by atoms with Crippen LogP contribution in [0.4, 0.5) is 4.79 Å². The van der Waals surface area contributed by atoms with E-state index in [0.717, 1.165) is 5.56 Å². The van der Waals surface area contributed by atoms with E-state index in [-0.39, 0.29) is 5.75 Å². The molecule has 1 rings (SSSR count). The minimum absolute atomic E-state index is 0.173. The average molecular weight is 353 g/mol. The second-order valence-corrected chi connectivity index (χ2v) is 7.28. The molecule has 0 aliphatic carbocycles. The zero-order valence-corrected chi connectivity index (χ0v) is 14.6. The average Bonchev–Trinajstić information content (AvgIpc) is 2.46. The van der Waals surface area contributed by atoms with E-state index in [4.69, 9.17) is 10.5 Å². The van der Waals surface area contributed by atoms with Crippen LogP contribution in [-0.2, 0) is 19.4 Å². The van der Waals surface area contributed by atoms with Gasteiger partial charge in [-0.3, -0.25) is 9.52 Å². The number of carbonyl (C=O) groups is 2. The molecule has 7 nitrogen and oxygen atoms in total. The van der Waals surface area contributed by atoms with Gasteiger partial charge in [0.2, 0.25) is 5.91 Å². The van der Waals surface area contributed by atoms with Crippen molar-refractivity contribution in [1.82, 2.24) is 4.72 Å². The molecule has 3 atom stereocenters. The highest BCUT2D eigenvalue weighted by Crippen LogP contribution is 2.17. The summed E-state index contributed by atoms with van der Waals surface area (Å²) in [6.45, 7) is 6.40. The van der Waals surface area contributed by atoms with Gasteiger partial charge in [0.1, 0.15) is 16.0 Å². The first-order valence-electron chi connectivity index (χ1n) is 7.41. The predicted molar refractivity (Wildman–Crippen MR) is 93.4 cm³/mol. The quantitative estimate of drug-likeness (QED) is 0.731. The Kier molecular flexibility index (Phi) is 7.60. The summed E-state index contributed by atoms with van der Waals surface area (Å²) in [7, 11) is -3.36. The predicted octanol–water partition coefficient (Wildman–Crippen LogP) is 2.31. The maximum atomic E-state index is 12.7. The number of carbonyl (C=O) groups excluding carboxylic acids is 2. The van der Waals surface area contributed by atoms with E-state index in [0.29, 0.717) is 6.42 Å². The molecular formula is C16H23N3O4S. The standard InChI is InChI=1S/C16H23N3O4S/c1-4-8-15(17)11-24(22,18-13(3)20)19-16(21)23-12(2)14-9-6-5-7-10-14/h4-7,9-10,12,15H,1,8,11,17H2,2-3H3,(H,18,19,20,21,22)/t12-,15-,24+/m0/s1. The van der Waals surface area contributed by atoms with E-state index in [1.54, 1.807) is 25.1 Å². The Balaban J connectivity index is 2.91. The summed E-state index contributed by atoms with van der Waals surface area (Å²) < 4.78 is 23.6. The molecule has 0 fully saturated rings. The molecule has 1 aromatic rings. The molecule has 0 heterocycles. The van der Waals surface area contributed by atoms with Crippen molar-refractivity contribution in [3.63, 3.8) is 0 Å². The van der Waals surface area contributed by atoms with Gasteiger partial charge in [0.05, 0.1) is 5.75 Å². The lowest BCUT2D eigenvalue weighted by molar-refractivity contribution is -0.117. The van der Waals surface area contributed by atoms with Gasteiger partial charge >= 0.3 is 6.09 Å². The molecule has 0 aliphatic rings. The lowest BCUT2D eigenvalue weighted by atomic mass is 10.1. The van der Waals surface area contributed by atoms with Crippen LogP contribution in [0.5, 0.6) is 0 Å². The van der Waals surface area contributed by atoms with Gasteiger partial charge in [0, 0.05) is 13.0 Å². The van der Waals surface area contributed by atoms with Crippen LogP contribution in [0.2, 0.25) is 0 Å². The van der Waals surface area contributed by atoms with Gasteiger partial charge in [-0.25, -0.2) is 9.00 Å². The number of ether oxygens (including phenoxy) is 1. The molecule has 2 amide bonds. The maximum Gasteiger partial charge on any atom is 0.443 e. The molecule has 0 unspecified atom stereocenters. The van der Waals surface area contributed by atoms with Crippen LogP contribution in [0.15, 0.2) is 47.3 Å². The summed E-state index contributed by atoms with van der Waals surface area (Å²) in [5, 5.41) is 0. The molecule has 3 N–H and O–H groups in total. The molecule has 0 aromatic heterocycles. The number of nitrogens with zero attached hydrogens (tertiary/aromatic N) is 1. The second kappa shape index (κ2) is 9.19. The van der Waals surface area contributed by atoms with Crippen LogP contribution >= 0.6 is 0 Å². The summed E-state index contributed by atoms with van der Waals surface area (Å²) in [6.07, 6.45) is 0.358. The van der Waals surface area contributed by atoms with Crippen LogP contribution < -0.4 is 10.5 Å². The fourth-order valence-corrected chi connectivity index (χ4v) is 3.64. The Hall–Kier alpha value is -2.19. The van der Waals surface area contributed by atoms with Crippen LogP contribution in [0, 0.1) is 0 Å². The van der Waals surface area contributed by atoms with Crippen molar-refractivity contribution < 1.29 is 18.5 Å². The topological polar surface area (TPSA) is 111 Å². The number of benzene rings is 1. The van der Waals surface area contributed by atoms with Crippen molar-refractivity contribution >= 4 is 21.9 Å². The minimum atomic E-state index is -3.36. The Morgan fingerprint density at radius 3 is 2.58 bits per heavy atom.